The Morgan fingerprint density at radius 3 is 2.62 bits per heavy atom. The standard InChI is InChI=1S/C12H12ClN3/c13-10-3-1-2-9(8-10)4-5-11-6-7-12(14)16-15-11/h1-3,6-8H,4-5H2,(H2,14,16). The predicted octanol–water partition coefficient (Wildman–Crippen LogP) is 2.50. The molecule has 0 aliphatic heterocycles. The smallest absolute Gasteiger partial charge is 0.146 e. The lowest BCUT2D eigenvalue weighted by Gasteiger charge is -2.01. The molecular weight excluding hydrogens is 222 g/mol. The molecule has 2 aromatic rings. The topological polar surface area (TPSA) is 51.8 Å². The van der Waals surface area contributed by atoms with Crippen LogP contribution in [0.1, 0.15) is 11.3 Å². The minimum Gasteiger partial charge on any atom is -0.382 e. The monoisotopic (exact) mass is 233 g/mol. The third kappa shape index (κ3) is 2.94. The molecular formula is C12H12ClN3. The van der Waals surface area contributed by atoms with Gasteiger partial charge in [0.05, 0.1) is 5.69 Å². The van der Waals surface area contributed by atoms with Gasteiger partial charge in [0, 0.05) is 5.02 Å². The molecule has 0 aliphatic carbocycles. The maximum Gasteiger partial charge on any atom is 0.146 e. The van der Waals surface area contributed by atoms with Gasteiger partial charge >= 0.3 is 0 Å². The summed E-state index contributed by atoms with van der Waals surface area (Å²) in [6.07, 6.45) is 1.74. The van der Waals surface area contributed by atoms with Crippen LogP contribution in [0.2, 0.25) is 5.02 Å². The van der Waals surface area contributed by atoms with Gasteiger partial charge in [0.1, 0.15) is 5.82 Å². The highest BCUT2D eigenvalue weighted by atomic mass is 35.5. The normalized spacial score (nSPS) is 10.3. The first-order chi connectivity index (χ1) is 7.74. The van der Waals surface area contributed by atoms with E-state index in [4.69, 9.17) is 17.3 Å². The van der Waals surface area contributed by atoms with Gasteiger partial charge in [-0.3, -0.25) is 0 Å². The Bertz CT molecular complexity index is 468. The Morgan fingerprint density at radius 1 is 1.06 bits per heavy atom. The van der Waals surface area contributed by atoms with Crippen LogP contribution in [-0.2, 0) is 12.8 Å². The molecule has 0 bridgehead atoms. The molecule has 0 amide bonds. The molecule has 0 fully saturated rings. The van der Waals surface area contributed by atoms with E-state index >= 15 is 0 Å². The van der Waals surface area contributed by atoms with E-state index in [9.17, 15) is 0 Å². The quantitative estimate of drug-likeness (QED) is 0.886. The molecule has 0 spiro atoms. The molecule has 2 N–H and O–H groups in total. The summed E-state index contributed by atoms with van der Waals surface area (Å²) in [7, 11) is 0. The van der Waals surface area contributed by atoms with Crippen LogP contribution in [0.5, 0.6) is 0 Å². The van der Waals surface area contributed by atoms with Crippen LogP contribution >= 0.6 is 11.6 Å². The predicted molar refractivity (Wildman–Crippen MR) is 65.3 cm³/mol. The van der Waals surface area contributed by atoms with Gasteiger partial charge in [0.15, 0.2) is 0 Å². The molecule has 2 rings (SSSR count). The average molecular weight is 234 g/mol. The van der Waals surface area contributed by atoms with Gasteiger partial charge < -0.3 is 5.73 Å². The number of benzene rings is 1. The summed E-state index contributed by atoms with van der Waals surface area (Å²) in [4.78, 5) is 0. The van der Waals surface area contributed by atoms with Gasteiger partial charge in [0.2, 0.25) is 0 Å². The summed E-state index contributed by atoms with van der Waals surface area (Å²) in [6, 6.07) is 11.5. The van der Waals surface area contributed by atoms with Crippen molar-refractivity contribution in [2.75, 3.05) is 5.73 Å². The SMILES string of the molecule is Nc1ccc(CCc2cccc(Cl)c2)nn1. The zero-order valence-electron chi connectivity index (χ0n) is 8.73. The molecule has 0 saturated heterocycles. The molecule has 0 unspecified atom stereocenters. The zero-order valence-corrected chi connectivity index (χ0v) is 9.48. The van der Waals surface area contributed by atoms with E-state index in [0.29, 0.717) is 5.82 Å². The van der Waals surface area contributed by atoms with Crippen LogP contribution in [0.4, 0.5) is 5.82 Å². The lowest BCUT2D eigenvalue weighted by atomic mass is 10.1. The van der Waals surface area contributed by atoms with Crippen molar-refractivity contribution in [3.63, 3.8) is 0 Å². The first-order valence-corrected chi connectivity index (χ1v) is 5.44. The van der Waals surface area contributed by atoms with E-state index in [1.54, 1.807) is 6.07 Å². The number of hydrogen-bond donors (Lipinski definition) is 1. The lowest BCUT2D eigenvalue weighted by molar-refractivity contribution is 0.863. The van der Waals surface area contributed by atoms with E-state index in [-0.39, 0.29) is 0 Å². The summed E-state index contributed by atoms with van der Waals surface area (Å²) in [5.74, 6) is 0.450. The van der Waals surface area contributed by atoms with Crippen molar-refractivity contribution in [3.8, 4) is 0 Å². The van der Waals surface area contributed by atoms with Gasteiger partial charge in [0.25, 0.3) is 0 Å². The maximum absolute atomic E-state index is 5.90. The maximum atomic E-state index is 5.90. The Labute approximate surface area is 99.3 Å². The molecule has 1 heterocycles. The van der Waals surface area contributed by atoms with Crippen molar-refractivity contribution >= 4 is 17.4 Å². The largest absolute Gasteiger partial charge is 0.382 e. The van der Waals surface area contributed by atoms with Gasteiger partial charge in [-0.15, -0.1) is 5.10 Å². The number of rotatable bonds is 3. The molecule has 0 radical (unpaired) electrons. The third-order valence-corrected chi connectivity index (χ3v) is 2.53. The van der Waals surface area contributed by atoms with Crippen LogP contribution in [0.25, 0.3) is 0 Å². The van der Waals surface area contributed by atoms with Crippen LogP contribution in [0, 0.1) is 0 Å². The number of aryl methyl sites for hydroxylation is 2. The highest BCUT2D eigenvalue weighted by Crippen LogP contribution is 2.12. The Hall–Kier alpha value is -1.61. The fourth-order valence-electron chi connectivity index (χ4n) is 1.47. The summed E-state index contributed by atoms with van der Waals surface area (Å²) in [5.41, 5.74) is 7.60. The molecule has 1 aromatic heterocycles. The van der Waals surface area contributed by atoms with Crippen molar-refractivity contribution in [3.05, 3.63) is 52.7 Å². The first kappa shape index (κ1) is 10.9. The second-order valence-electron chi connectivity index (χ2n) is 3.58. The van der Waals surface area contributed by atoms with Gasteiger partial charge in [-0.05, 0) is 42.7 Å². The molecule has 1 aromatic carbocycles. The fourth-order valence-corrected chi connectivity index (χ4v) is 1.68. The second-order valence-corrected chi connectivity index (χ2v) is 4.02. The number of aromatic nitrogens is 2. The molecule has 4 heteroatoms. The Balaban J connectivity index is 1.99. The molecule has 16 heavy (non-hydrogen) atoms. The first-order valence-electron chi connectivity index (χ1n) is 5.06. The number of nitrogens with zero attached hydrogens (tertiary/aromatic N) is 2. The minimum atomic E-state index is 0.450. The molecule has 0 saturated carbocycles. The highest BCUT2D eigenvalue weighted by Gasteiger charge is 1.98. The third-order valence-electron chi connectivity index (χ3n) is 2.30. The summed E-state index contributed by atoms with van der Waals surface area (Å²) in [5, 5.41) is 8.58. The van der Waals surface area contributed by atoms with Crippen molar-refractivity contribution in [1.82, 2.24) is 10.2 Å². The van der Waals surface area contributed by atoms with Crippen molar-refractivity contribution in [1.29, 1.82) is 0 Å². The van der Waals surface area contributed by atoms with Gasteiger partial charge in [-0.25, -0.2) is 0 Å². The Morgan fingerprint density at radius 2 is 1.94 bits per heavy atom. The second kappa shape index (κ2) is 4.94. The van der Waals surface area contributed by atoms with E-state index in [1.165, 1.54) is 5.56 Å². The number of nitrogen functional groups attached to an aromatic ring is 1. The minimum absolute atomic E-state index is 0.450. The van der Waals surface area contributed by atoms with E-state index in [2.05, 4.69) is 16.3 Å². The number of anilines is 1. The van der Waals surface area contributed by atoms with Crippen LogP contribution in [0.3, 0.4) is 0 Å². The molecule has 82 valence electrons. The zero-order chi connectivity index (χ0) is 11.4. The average Bonchev–Trinajstić information content (AvgIpc) is 2.28. The number of nitrogens with two attached hydrogens (primary N) is 1. The van der Waals surface area contributed by atoms with Crippen LogP contribution in [0.15, 0.2) is 36.4 Å². The van der Waals surface area contributed by atoms with E-state index in [0.717, 1.165) is 23.6 Å². The van der Waals surface area contributed by atoms with Gasteiger partial charge in [-0.1, -0.05) is 23.7 Å². The van der Waals surface area contributed by atoms with Gasteiger partial charge in [-0.2, -0.15) is 5.10 Å². The summed E-state index contributed by atoms with van der Waals surface area (Å²) >= 11 is 5.90. The molecule has 3 nitrogen and oxygen atoms in total. The number of hydrogen-bond acceptors (Lipinski definition) is 3. The van der Waals surface area contributed by atoms with Crippen molar-refractivity contribution in [2.45, 2.75) is 12.8 Å². The van der Waals surface area contributed by atoms with Crippen LogP contribution < -0.4 is 5.73 Å². The van der Waals surface area contributed by atoms with E-state index in [1.807, 2.05) is 24.3 Å². The lowest BCUT2D eigenvalue weighted by Crippen LogP contribution is -1.99. The fraction of sp³-hybridized carbons (Fsp3) is 0.167. The summed E-state index contributed by atoms with van der Waals surface area (Å²) in [6.45, 7) is 0. The molecule has 0 atom stereocenters. The number of halogens is 1. The highest BCUT2D eigenvalue weighted by molar-refractivity contribution is 6.30. The van der Waals surface area contributed by atoms with Crippen molar-refractivity contribution < 1.29 is 0 Å². The summed E-state index contributed by atoms with van der Waals surface area (Å²) < 4.78 is 0. The van der Waals surface area contributed by atoms with Crippen molar-refractivity contribution in [2.24, 2.45) is 0 Å². The molecule has 0 aliphatic rings. The van der Waals surface area contributed by atoms with Crippen LogP contribution in [-0.4, -0.2) is 10.2 Å². The van der Waals surface area contributed by atoms with E-state index < -0.39 is 0 Å². The Kier molecular flexibility index (Phi) is 3.37.